The number of likely N-dealkylation sites (N-methyl/N-ethyl adjacent to an activating group) is 1. The third-order valence-electron chi connectivity index (χ3n) is 5.51. The van der Waals surface area contributed by atoms with E-state index >= 15 is 0 Å². The molecule has 3 rings (SSSR count). The van der Waals surface area contributed by atoms with Crippen LogP contribution in [-0.2, 0) is 11.2 Å². The van der Waals surface area contributed by atoms with Gasteiger partial charge in [0, 0.05) is 0 Å². The molecule has 0 bridgehead atoms. The number of hydrogen-bond donors (Lipinski definition) is 2. The van der Waals surface area contributed by atoms with Gasteiger partial charge in [-0.3, -0.25) is 0 Å². The molecular weight excluding hydrogens is 460 g/mol. The predicted molar refractivity (Wildman–Crippen MR) is 118 cm³/mol. The molecule has 5 nitrogen and oxygen atoms in total. The van der Waals surface area contributed by atoms with Gasteiger partial charge in [-0.2, -0.15) is 0 Å². The normalized spacial score (nSPS) is 19.4. The Hall–Kier alpha value is -1.35. The first-order valence-corrected chi connectivity index (χ1v) is 13.5. The van der Waals surface area contributed by atoms with Crippen molar-refractivity contribution in [1.82, 2.24) is 4.90 Å². The van der Waals surface area contributed by atoms with Crippen molar-refractivity contribution in [2.24, 2.45) is 0 Å². The van der Waals surface area contributed by atoms with E-state index in [2.05, 4.69) is 41.1 Å². The fourth-order valence-electron chi connectivity index (χ4n) is 3.20. The molecule has 0 amide bonds. The van der Waals surface area contributed by atoms with E-state index in [1.807, 2.05) is 6.07 Å². The number of halogens is 2. The second-order valence-electron chi connectivity index (χ2n) is 7.37. The average Bonchev–Trinajstić information content (AvgIpc) is 3.48. The maximum atomic E-state index is 14.7. The predicted octanol–water partition coefficient (Wildman–Crippen LogP) is 4.12. The van der Waals surface area contributed by atoms with Crippen molar-refractivity contribution in [3.8, 4) is 0 Å². The first-order valence-electron chi connectivity index (χ1n) is 9.45. The molecule has 150 valence electrons. The molecule has 0 saturated carbocycles. The number of nitrogens with zero attached hydrogens (tertiary/aromatic N) is 2. The first-order chi connectivity index (χ1) is 12.8. The number of carboxylic acids is 1. The molecule has 2 N–H and O–H groups in total. The maximum absolute atomic E-state index is 14.7. The summed E-state index contributed by atoms with van der Waals surface area (Å²) in [7, 11) is 2.10. The Kier molecular flexibility index (Phi) is 6.30. The van der Waals surface area contributed by atoms with Crippen LogP contribution in [0.5, 0.6) is 0 Å². The molecule has 0 aliphatic carbocycles. The summed E-state index contributed by atoms with van der Waals surface area (Å²) >= 11 is -1.28. The quantitative estimate of drug-likeness (QED) is 0.327. The summed E-state index contributed by atoms with van der Waals surface area (Å²) in [4.78, 5) is 13.7. The second kappa shape index (κ2) is 8.34. The van der Waals surface area contributed by atoms with Crippen LogP contribution in [0.3, 0.4) is 0 Å². The Bertz CT molecular complexity index is 751. The number of rotatable bonds is 8. The minimum absolute atomic E-state index is 0.281. The zero-order valence-electron chi connectivity index (χ0n) is 16.4. The molecule has 2 aliphatic rings. The van der Waals surface area contributed by atoms with Crippen LogP contribution in [0.1, 0.15) is 32.8 Å². The van der Waals surface area contributed by atoms with E-state index < -0.39 is 26.1 Å². The molecular formula is C20H29FIN3O2. The van der Waals surface area contributed by atoms with Crippen molar-refractivity contribution in [2.45, 2.75) is 45.7 Å². The van der Waals surface area contributed by atoms with Gasteiger partial charge in [0.05, 0.1) is 0 Å². The van der Waals surface area contributed by atoms with Gasteiger partial charge in [-0.05, 0) is 0 Å². The molecule has 2 aliphatic heterocycles. The molecule has 1 fully saturated rings. The zero-order chi connectivity index (χ0) is 19.7. The second-order valence-corrected chi connectivity index (χ2v) is 13.0. The number of carboxylic acid groups (broad SMARTS) is 1. The van der Waals surface area contributed by atoms with Crippen LogP contribution in [0.2, 0.25) is 0 Å². The number of alkyl halides is 2. The van der Waals surface area contributed by atoms with E-state index in [0.29, 0.717) is 23.8 Å². The average molecular weight is 489 g/mol. The van der Waals surface area contributed by atoms with Crippen LogP contribution in [0, 0.1) is 5.82 Å². The van der Waals surface area contributed by atoms with Gasteiger partial charge < -0.3 is 0 Å². The molecule has 27 heavy (non-hydrogen) atoms. The standard InChI is InChI=1S/C20H29FIN3O2/c1-5-13(2)24(4)14(3)11-23-18-10-19-15(9-17(18)21)8-16(20(26)27)12-25(19)22-6-7-22/h9-10,12-14,23H,5-8,11H2,1-4H3,(H,26,27). The number of fused-ring (bicyclic) bond motifs is 1. The molecule has 0 aromatic heterocycles. The number of nitrogens with one attached hydrogen (secondary N) is 1. The first kappa shape index (κ1) is 20.4. The van der Waals surface area contributed by atoms with Crippen molar-refractivity contribution in [3.05, 3.63) is 35.3 Å². The van der Waals surface area contributed by atoms with Crippen molar-refractivity contribution >= 4 is 37.4 Å². The van der Waals surface area contributed by atoms with Crippen molar-refractivity contribution < 1.29 is 14.3 Å². The summed E-state index contributed by atoms with van der Waals surface area (Å²) in [6, 6.07) is 4.16. The van der Waals surface area contributed by atoms with E-state index in [1.54, 1.807) is 6.20 Å². The minimum atomic E-state index is -1.28. The Morgan fingerprint density at radius 1 is 1.37 bits per heavy atom. The van der Waals surface area contributed by atoms with Crippen LogP contribution in [0.25, 0.3) is 0 Å². The fraction of sp³-hybridized carbons (Fsp3) is 0.550. The Balaban J connectivity index is 1.79. The third kappa shape index (κ3) is 4.56. The topological polar surface area (TPSA) is 55.8 Å². The molecule has 2 unspecified atom stereocenters. The molecule has 0 spiro atoms. The summed E-state index contributed by atoms with van der Waals surface area (Å²) in [5.74, 6) is -1.22. The van der Waals surface area contributed by atoms with Crippen LogP contribution in [0.4, 0.5) is 15.8 Å². The van der Waals surface area contributed by atoms with Crippen molar-refractivity contribution in [3.63, 3.8) is 0 Å². The summed E-state index contributed by atoms with van der Waals surface area (Å²) in [6.45, 7) is 7.16. The van der Waals surface area contributed by atoms with Crippen LogP contribution in [-0.4, -0.2) is 50.5 Å². The molecule has 1 aromatic rings. The van der Waals surface area contributed by atoms with Gasteiger partial charge >= 0.3 is 168 Å². The number of hydrogen-bond acceptors (Lipinski definition) is 4. The van der Waals surface area contributed by atoms with Gasteiger partial charge in [-0.1, -0.05) is 0 Å². The van der Waals surface area contributed by atoms with Gasteiger partial charge in [-0.25, -0.2) is 0 Å². The monoisotopic (exact) mass is 489 g/mol. The molecule has 2 atom stereocenters. The zero-order valence-corrected chi connectivity index (χ0v) is 18.6. The molecule has 1 saturated heterocycles. The number of aliphatic carboxylic acids is 1. The van der Waals surface area contributed by atoms with Crippen LogP contribution in [0.15, 0.2) is 23.9 Å². The van der Waals surface area contributed by atoms with Gasteiger partial charge in [0.1, 0.15) is 0 Å². The van der Waals surface area contributed by atoms with E-state index in [0.717, 1.165) is 17.7 Å². The van der Waals surface area contributed by atoms with Crippen LogP contribution < -0.4 is 8.43 Å². The SMILES string of the molecule is CCC(C)N(C)C(C)CNc1cc2c(cc1F)CC(C(=O)O)=CN2I1CC1. The van der Waals surface area contributed by atoms with Gasteiger partial charge in [0.25, 0.3) is 0 Å². The Labute approximate surface area is 168 Å². The molecule has 7 heteroatoms. The van der Waals surface area contributed by atoms with E-state index in [9.17, 15) is 14.3 Å². The van der Waals surface area contributed by atoms with E-state index in [4.69, 9.17) is 0 Å². The number of anilines is 2. The summed E-state index contributed by atoms with van der Waals surface area (Å²) < 4.78 is 19.2. The van der Waals surface area contributed by atoms with Gasteiger partial charge in [-0.15, -0.1) is 0 Å². The van der Waals surface area contributed by atoms with E-state index in [1.165, 1.54) is 14.9 Å². The summed E-state index contributed by atoms with van der Waals surface area (Å²) in [6.07, 6.45) is 3.16. The molecule has 1 aromatic carbocycles. The number of carbonyl (C=O) groups is 1. The summed E-state index contributed by atoms with van der Waals surface area (Å²) in [5, 5.41) is 12.7. The van der Waals surface area contributed by atoms with Crippen LogP contribution >= 0.6 is 20.1 Å². The number of benzene rings is 1. The van der Waals surface area contributed by atoms with Gasteiger partial charge in [0.15, 0.2) is 0 Å². The summed E-state index contributed by atoms with van der Waals surface area (Å²) in [5.41, 5.74) is 2.64. The van der Waals surface area contributed by atoms with Crippen molar-refractivity contribution in [2.75, 3.05) is 30.9 Å². The molecule has 2 heterocycles. The Morgan fingerprint density at radius 3 is 2.67 bits per heavy atom. The third-order valence-corrected chi connectivity index (χ3v) is 9.82. The fourth-order valence-corrected chi connectivity index (χ4v) is 7.56. The van der Waals surface area contributed by atoms with Crippen molar-refractivity contribution in [1.29, 1.82) is 0 Å². The molecule has 0 radical (unpaired) electrons. The van der Waals surface area contributed by atoms with E-state index in [-0.39, 0.29) is 18.3 Å². The Morgan fingerprint density at radius 2 is 2.07 bits per heavy atom. The van der Waals surface area contributed by atoms with Gasteiger partial charge in [0.2, 0.25) is 0 Å².